The maximum absolute atomic E-state index is 9.19. The molecule has 1 heterocycles. The Bertz CT molecular complexity index is 672. The molecule has 0 saturated carbocycles. The van der Waals surface area contributed by atoms with Crippen molar-refractivity contribution in [2.75, 3.05) is 0 Å². The van der Waals surface area contributed by atoms with Crippen molar-refractivity contribution in [3.05, 3.63) is 41.1 Å². The predicted octanol–water partition coefficient (Wildman–Crippen LogP) is 3.69. The van der Waals surface area contributed by atoms with Crippen molar-refractivity contribution in [2.24, 2.45) is 7.05 Å². The first-order valence-electron chi connectivity index (χ1n) is 6.55. The number of ether oxygens (including phenoxy) is 1. The largest absolute Gasteiger partial charge is 0.438 e. The first kappa shape index (κ1) is 14.1. The zero-order valence-electron chi connectivity index (χ0n) is 12.6. The van der Waals surface area contributed by atoms with Crippen LogP contribution in [0.5, 0.6) is 11.6 Å². The SMILES string of the molecule is Cc1nn(C)c(Oc2cccc(C(C)(C)C)c2)c1C#N. The summed E-state index contributed by atoms with van der Waals surface area (Å²) in [6, 6.07) is 10.1. The highest BCUT2D eigenvalue weighted by Crippen LogP contribution is 2.30. The smallest absolute Gasteiger partial charge is 0.235 e. The number of hydrogen-bond acceptors (Lipinski definition) is 3. The molecule has 0 amide bonds. The molecule has 104 valence electrons. The van der Waals surface area contributed by atoms with E-state index in [1.807, 2.05) is 18.2 Å². The van der Waals surface area contributed by atoms with Gasteiger partial charge in [-0.15, -0.1) is 0 Å². The van der Waals surface area contributed by atoms with Crippen LogP contribution in [0, 0.1) is 18.3 Å². The van der Waals surface area contributed by atoms with Gasteiger partial charge in [0.25, 0.3) is 0 Å². The predicted molar refractivity (Wildman–Crippen MR) is 77.9 cm³/mol. The van der Waals surface area contributed by atoms with Crippen molar-refractivity contribution < 1.29 is 4.74 Å². The summed E-state index contributed by atoms with van der Waals surface area (Å²) >= 11 is 0. The summed E-state index contributed by atoms with van der Waals surface area (Å²) in [7, 11) is 1.77. The lowest BCUT2D eigenvalue weighted by Crippen LogP contribution is -2.10. The Morgan fingerprint density at radius 2 is 2.00 bits per heavy atom. The molecule has 20 heavy (non-hydrogen) atoms. The Labute approximate surface area is 119 Å². The van der Waals surface area contributed by atoms with E-state index in [-0.39, 0.29) is 5.41 Å². The molecule has 2 aromatic rings. The van der Waals surface area contributed by atoms with Crippen molar-refractivity contribution in [3.8, 4) is 17.7 Å². The molecule has 0 saturated heterocycles. The fourth-order valence-corrected chi connectivity index (χ4v) is 2.02. The van der Waals surface area contributed by atoms with Gasteiger partial charge in [0.05, 0.1) is 5.69 Å². The molecule has 0 spiro atoms. The number of benzene rings is 1. The van der Waals surface area contributed by atoms with Crippen LogP contribution in [0.15, 0.2) is 24.3 Å². The molecular weight excluding hydrogens is 250 g/mol. The zero-order valence-corrected chi connectivity index (χ0v) is 12.6. The van der Waals surface area contributed by atoms with Gasteiger partial charge in [-0.25, -0.2) is 4.68 Å². The molecule has 0 radical (unpaired) electrons. The fraction of sp³-hybridized carbons (Fsp3) is 0.375. The Balaban J connectivity index is 2.39. The van der Waals surface area contributed by atoms with Crippen LogP contribution in [-0.4, -0.2) is 9.78 Å². The monoisotopic (exact) mass is 269 g/mol. The third-order valence-corrected chi connectivity index (χ3v) is 3.20. The summed E-state index contributed by atoms with van der Waals surface area (Å²) in [5, 5.41) is 13.4. The van der Waals surface area contributed by atoms with Gasteiger partial charge in [0.15, 0.2) is 0 Å². The lowest BCUT2D eigenvalue weighted by atomic mass is 9.87. The third-order valence-electron chi connectivity index (χ3n) is 3.20. The van der Waals surface area contributed by atoms with E-state index in [0.29, 0.717) is 17.1 Å². The average molecular weight is 269 g/mol. The third kappa shape index (κ3) is 2.67. The van der Waals surface area contributed by atoms with Crippen molar-refractivity contribution in [1.82, 2.24) is 9.78 Å². The minimum atomic E-state index is 0.0554. The average Bonchev–Trinajstić information content (AvgIpc) is 2.63. The van der Waals surface area contributed by atoms with Crippen LogP contribution in [0.2, 0.25) is 0 Å². The van der Waals surface area contributed by atoms with Crippen LogP contribution >= 0.6 is 0 Å². The summed E-state index contributed by atoms with van der Waals surface area (Å²) in [5.41, 5.74) is 2.40. The summed E-state index contributed by atoms with van der Waals surface area (Å²) < 4.78 is 7.46. The standard InChI is InChI=1S/C16H19N3O/c1-11-14(10-17)15(19(5)18-11)20-13-8-6-7-12(9-13)16(2,3)4/h6-9H,1-5H3. The summed E-state index contributed by atoms with van der Waals surface area (Å²) in [4.78, 5) is 0. The van der Waals surface area contributed by atoms with E-state index in [9.17, 15) is 5.26 Å². The number of hydrogen-bond donors (Lipinski definition) is 0. The van der Waals surface area contributed by atoms with Crippen LogP contribution in [0.3, 0.4) is 0 Å². The topological polar surface area (TPSA) is 50.8 Å². The number of aromatic nitrogens is 2. The van der Waals surface area contributed by atoms with Gasteiger partial charge in [0.2, 0.25) is 5.88 Å². The summed E-state index contributed by atoms with van der Waals surface area (Å²) in [5.74, 6) is 1.20. The van der Waals surface area contributed by atoms with E-state index < -0.39 is 0 Å². The highest BCUT2D eigenvalue weighted by Gasteiger charge is 2.17. The first-order valence-corrected chi connectivity index (χ1v) is 6.55. The Kier molecular flexibility index (Phi) is 3.54. The molecule has 0 bridgehead atoms. The number of rotatable bonds is 2. The molecule has 0 aliphatic heterocycles. The lowest BCUT2D eigenvalue weighted by Gasteiger charge is -2.19. The van der Waals surface area contributed by atoms with Crippen molar-refractivity contribution in [1.29, 1.82) is 5.26 Å². The number of nitrogens with zero attached hydrogens (tertiary/aromatic N) is 3. The van der Waals surface area contributed by atoms with E-state index in [4.69, 9.17) is 4.74 Å². The van der Waals surface area contributed by atoms with E-state index in [0.717, 1.165) is 5.75 Å². The van der Waals surface area contributed by atoms with Gasteiger partial charge in [0, 0.05) is 7.05 Å². The molecule has 1 aromatic carbocycles. The van der Waals surface area contributed by atoms with Crippen molar-refractivity contribution in [2.45, 2.75) is 33.1 Å². The molecule has 0 unspecified atom stereocenters. The maximum atomic E-state index is 9.19. The maximum Gasteiger partial charge on any atom is 0.235 e. The Morgan fingerprint density at radius 3 is 2.60 bits per heavy atom. The van der Waals surface area contributed by atoms with Crippen LogP contribution in [0.25, 0.3) is 0 Å². The van der Waals surface area contributed by atoms with Crippen LogP contribution in [-0.2, 0) is 12.5 Å². The molecule has 0 N–H and O–H groups in total. The Hall–Kier alpha value is -2.28. The van der Waals surface area contributed by atoms with Crippen LogP contribution < -0.4 is 4.74 Å². The van der Waals surface area contributed by atoms with E-state index in [2.05, 4.69) is 38.0 Å². The van der Waals surface area contributed by atoms with Gasteiger partial charge in [0.1, 0.15) is 17.4 Å². The molecule has 4 heteroatoms. The van der Waals surface area contributed by atoms with Crippen molar-refractivity contribution >= 4 is 0 Å². The second-order valence-electron chi connectivity index (χ2n) is 5.88. The van der Waals surface area contributed by atoms with Gasteiger partial charge in [-0.1, -0.05) is 32.9 Å². The normalized spacial score (nSPS) is 11.2. The molecule has 0 aliphatic carbocycles. The van der Waals surface area contributed by atoms with E-state index in [1.165, 1.54) is 5.56 Å². The molecule has 0 fully saturated rings. The van der Waals surface area contributed by atoms with Gasteiger partial charge >= 0.3 is 0 Å². The molecule has 1 aromatic heterocycles. The zero-order chi connectivity index (χ0) is 14.9. The minimum Gasteiger partial charge on any atom is -0.438 e. The fourth-order valence-electron chi connectivity index (χ4n) is 2.02. The Morgan fingerprint density at radius 1 is 1.30 bits per heavy atom. The molecule has 4 nitrogen and oxygen atoms in total. The van der Waals surface area contributed by atoms with E-state index >= 15 is 0 Å². The second kappa shape index (κ2) is 5.01. The van der Waals surface area contributed by atoms with Gasteiger partial charge in [-0.2, -0.15) is 10.4 Å². The highest BCUT2D eigenvalue weighted by molar-refractivity contribution is 5.45. The highest BCUT2D eigenvalue weighted by atomic mass is 16.5. The molecule has 0 atom stereocenters. The molecular formula is C16H19N3O. The minimum absolute atomic E-state index is 0.0554. The van der Waals surface area contributed by atoms with Crippen LogP contribution in [0.1, 0.15) is 37.6 Å². The number of aryl methyl sites for hydroxylation is 2. The van der Waals surface area contributed by atoms with Gasteiger partial charge in [-0.3, -0.25) is 0 Å². The summed E-state index contributed by atoms with van der Waals surface area (Å²) in [6.45, 7) is 8.26. The number of nitriles is 1. The molecule has 0 aliphatic rings. The van der Waals surface area contributed by atoms with Gasteiger partial charge < -0.3 is 4.74 Å². The quantitative estimate of drug-likeness (QED) is 0.835. The second-order valence-corrected chi connectivity index (χ2v) is 5.88. The molecule has 2 rings (SSSR count). The van der Waals surface area contributed by atoms with E-state index in [1.54, 1.807) is 18.7 Å². The first-order chi connectivity index (χ1) is 9.32. The lowest BCUT2D eigenvalue weighted by molar-refractivity contribution is 0.427. The van der Waals surface area contributed by atoms with Gasteiger partial charge in [-0.05, 0) is 30.0 Å². The van der Waals surface area contributed by atoms with Crippen molar-refractivity contribution in [3.63, 3.8) is 0 Å². The van der Waals surface area contributed by atoms with Crippen LogP contribution in [0.4, 0.5) is 0 Å². The summed E-state index contributed by atoms with van der Waals surface area (Å²) in [6.07, 6.45) is 0.